The summed E-state index contributed by atoms with van der Waals surface area (Å²) in [5, 5.41) is 21.6. The fourth-order valence-electron chi connectivity index (χ4n) is 1.56. The summed E-state index contributed by atoms with van der Waals surface area (Å²) in [6.45, 7) is 0. The predicted octanol–water partition coefficient (Wildman–Crippen LogP) is 0.964. The molecule has 1 aromatic carbocycles. The van der Waals surface area contributed by atoms with Gasteiger partial charge < -0.3 is 0 Å². The molecule has 0 radical (unpaired) electrons. The van der Waals surface area contributed by atoms with Crippen molar-refractivity contribution in [2.24, 2.45) is 7.05 Å². The minimum atomic E-state index is -3.89. The molecule has 0 bridgehead atoms. The molecule has 8 heteroatoms. The van der Waals surface area contributed by atoms with E-state index >= 15 is 0 Å². The quantitative estimate of drug-likeness (QED) is 0.903. The van der Waals surface area contributed by atoms with Gasteiger partial charge in [0.2, 0.25) is 0 Å². The maximum atomic E-state index is 12.2. The third-order valence-electron chi connectivity index (χ3n) is 2.45. The Balaban J connectivity index is 2.41. The van der Waals surface area contributed by atoms with Crippen molar-refractivity contribution in [3.8, 4) is 12.1 Å². The smallest absolute Gasteiger partial charge is 0.263 e. The first-order valence-corrected chi connectivity index (χ1v) is 6.91. The fourth-order valence-corrected chi connectivity index (χ4v) is 2.63. The number of sulfonamides is 1. The Morgan fingerprint density at radius 1 is 1.30 bits per heavy atom. The summed E-state index contributed by atoms with van der Waals surface area (Å²) in [6.07, 6.45) is 1.41. The zero-order chi connectivity index (χ0) is 14.8. The Morgan fingerprint density at radius 3 is 2.70 bits per heavy atom. The van der Waals surface area contributed by atoms with Crippen LogP contribution in [0.3, 0.4) is 0 Å². The molecule has 7 nitrogen and oxygen atoms in total. The van der Waals surface area contributed by atoms with Crippen LogP contribution in [0.4, 0.5) is 5.82 Å². The third-order valence-corrected chi connectivity index (χ3v) is 3.79. The van der Waals surface area contributed by atoms with Crippen molar-refractivity contribution >= 4 is 15.8 Å². The van der Waals surface area contributed by atoms with E-state index in [0.717, 1.165) is 0 Å². The van der Waals surface area contributed by atoms with E-state index in [-0.39, 0.29) is 21.8 Å². The maximum absolute atomic E-state index is 12.2. The summed E-state index contributed by atoms with van der Waals surface area (Å²) in [5.41, 5.74) is 0.349. The normalized spacial score (nSPS) is 10.6. The van der Waals surface area contributed by atoms with E-state index in [1.807, 2.05) is 12.1 Å². The minimum Gasteiger partial charge on any atom is -0.272 e. The highest BCUT2D eigenvalue weighted by molar-refractivity contribution is 7.92. The van der Waals surface area contributed by atoms with E-state index in [9.17, 15) is 8.42 Å². The Kier molecular flexibility index (Phi) is 3.42. The lowest BCUT2D eigenvalue weighted by Gasteiger charge is -2.05. The van der Waals surface area contributed by atoms with E-state index in [2.05, 4.69) is 9.82 Å². The number of aromatic nitrogens is 2. The number of nitrogens with zero attached hydrogens (tertiary/aromatic N) is 4. The van der Waals surface area contributed by atoms with Gasteiger partial charge >= 0.3 is 0 Å². The zero-order valence-electron chi connectivity index (χ0n) is 10.4. The molecule has 1 N–H and O–H groups in total. The van der Waals surface area contributed by atoms with Crippen molar-refractivity contribution in [2.75, 3.05) is 4.72 Å². The number of nitriles is 2. The minimum absolute atomic E-state index is 0.0441. The van der Waals surface area contributed by atoms with Crippen LogP contribution in [0, 0.1) is 22.7 Å². The molecule has 2 rings (SSSR count). The van der Waals surface area contributed by atoms with Gasteiger partial charge in [-0.25, -0.2) is 8.42 Å². The molecule has 0 spiro atoms. The largest absolute Gasteiger partial charge is 0.272 e. The molecule has 2 aromatic rings. The number of rotatable bonds is 3. The van der Waals surface area contributed by atoms with Gasteiger partial charge in [-0.1, -0.05) is 6.07 Å². The van der Waals surface area contributed by atoms with E-state index in [4.69, 9.17) is 10.5 Å². The molecule has 100 valence electrons. The number of hydrogen-bond acceptors (Lipinski definition) is 5. The van der Waals surface area contributed by atoms with Gasteiger partial charge in [0.15, 0.2) is 5.82 Å². The average molecular weight is 287 g/mol. The predicted molar refractivity (Wildman–Crippen MR) is 69.9 cm³/mol. The molecule has 0 saturated heterocycles. The van der Waals surface area contributed by atoms with E-state index in [1.54, 1.807) is 7.05 Å². The lowest BCUT2D eigenvalue weighted by molar-refractivity contribution is 0.601. The first kappa shape index (κ1) is 13.6. The summed E-state index contributed by atoms with van der Waals surface area (Å²) < 4.78 is 27.9. The van der Waals surface area contributed by atoms with Crippen molar-refractivity contribution in [3.63, 3.8) is 0 Å². The second-order valence-electron chi connectivity index (χ2n) is 3.92. The van der Waals surface area contributed by atoms with Crippen molar-refractivity contribution in [1.82, 2.24) is 9.78 Å². The summed E-state index contributed by atoms with van der Waals surface area (Å²) in [4.78, 5) is -0.0638. The van der Waals surface area contributed by atoms with E-state index in [0.29, 0.717) is 0 Å². The molecule has 0 atom stereocenters. The molecular weight excluding hydrogens is 278 g/mol. The van der Waals surface area contributed by atoms with Crippen LogP contribution in [-0.4, -0.2) is 18.2 Å². The lowest BCUT2D eigenvalue weighted by atomic mass is 10.2. The number of anilines is 1. The molecule has 1 heterocycles. The Morgan fingerprint density at radius 2 is 2.05 bits per heavy atom. The van der Waals surface area contributed by atoms with Crippen molar-refractivity contribution in [3.05, 3.63) is 41.6 Å². The lowest BCUT2D eigenvalue weighted by Crippen LogP contribution is -2.14. The van der Waals surface area contributed by atoms with Crippen LogP contribution >= 0.6 is 0 Å². The van der Waals surface area contributed by atoms with Crippen LogP contribution in [0.15, 0.2) is 35.4 Å². The summed E-state index contributed by atoms with van der Waals surface area (Å²) in [7, 11) is -2.31. The Bertz CT molecular complexity index is 839. The summed E-state index contributed by atoms with van der Waals surface area (Å²) in [5.74, 6) is -0.0441. The average Bonchev–Trinajstić information content (AvgIpc) is 2.78. The highest BCUT2D eigenvalue weighted by Gasteiger charge is 2.18. The molecule has 1 aromatic heterocycles. The van der Waals surface area contributed by atoms with Crippen molar-refractivity contribution in [2.45, 2.75) is 4.90 Å². The van der Waals surface area contributed by atoms with Crippen LogP contribution in [0.5, 0.6) is 0 Å². The van der Waals surface area contributed by atoms with Gasteiger partial charge in [-0.3, -0.25) is 9.40 Å². The van der Waals surface area contributed by atoms with Crippen LogP contribution in [0.25, 0.3) is 0 Å². The fraction of sp³-hybridized carbons (Fsp3) is 0.0833. The molecule has 0 aliphatic rings. The highest BCUT2D eigenvalue weighted by atomic mass is 32.2. The van der Waals surface area contributed by atoms with Gasteiger partial charge in [-0.2, -0.15) is 15.6 Å². The second kappa shape index (κ2) is 5.03. The van der Waals surface area contributed by atoms with Crippen LogP contribution in [0.1, 0.15) is 11.1 Å². The van der Waals surface area contributed by atoms with Gasteiger partial charge in [0.25, 0.3) is 10.0 Å². The van der Waals surface area contributed by atoms with Crippen molar-refractivity contribution in [1.29, 1.82) is 10.5 Å². The van der Waals surface area contributed by atoms with E-state index in [1.165, 1.54) is 35.1 Å². The number of benzene rings is 1. The number of aryl methyl sites for hydroxylation is 1. The second-order valence-corrected chi connectivity index (χ2v) is 5.60. The summed E-state index contributed by atoms with van der Waals surface area (Å²) >= 11 is 0. The standard InChI is InChI=1S/C12H9N5O2S/c1-17-8-10(7-14)12(15-17)16-20(18,19)11-4-2-3-9(5-11)6-13/h2-5,8H,1H3,(H,15,16). The molecular formula is C12H9N5O2S. The third kappa shape index (κ3) is 2.60. The highest BCUT2D eigenvalue weighted by Crippen LogP contribution is 2.18. The molecule has 0 fully saturated rings. The SMILES string of the molecule is Cn1cc(C#N)c(NS(=O)(=O)c2cccc(C#N)c2)n1. The van der Waals surface area contributed by atoms with Gasteiger partial charge in [0, 0.05) is 13.2 Å². The Hall–Kier alpha value is -2.84. The number of nitrogens with one attached hydrogen (secondary N) is 1. The molecule has 0 aliphatic carbocycles. The molecule has 0 aliphatic heterocycles. The molecule has 0 saturated carbocycles. The first-order valence-electron chi connectivity index (χ1n) is 5.43. The molecule has 0 amide bonds. The monoisotopic (exact) mass is 287 g/mol. The van der Waals surface area contributed by atoms with Crippen LogP contribution in [-0.2, 0) is 17.1 Å². The van der Waals surface area contributed by atoms with Crippen molar-refractivity contribution < 1.29 is 8.42 Å². The van der Waals surface area contributed by atoms with Crippen LogP contribution in [0.2, 0.25) is 0 Å². The zero-order valence-corrected chi connectivity index (χ0v) is 11.2. The first-order chi connectivity index (χ1) is 9.46. The van der Waals surface area contributed by atoms with E-state index < -0.39 is 10.0 Å². The summed E-state index contributed by atoms with van der Waals surface area (Å²) in [6, 6.07) is 9.29. The van der Waals surface area contributed by atoms with Gasteiger partial charge in [-0.05, 0) is 18.2 Å². The van der Waals surface area contributed by atoms with Gasteiger partial charge in [-0.15, -0.1) is 0 Å². The van der Waals surface area contributed by atoms with Crippen LogP contribution < -0.4 is 4.72 Å². The van der Waals surface area contributed by atoms with Gasteiger partial charge in [0.1, 0.15) is 11.6 Å². The molecule has 20 heavy (non-hydrogen) atoms. The topological polar surface area (TPSA) is 112 Å². The Labute approximate surface area is 115 Å². The maximum Gasteiger partial charge on any atom is 0.263 e. The molecule has 0 unspecified atom stereocenters. The number of hydrogen-bond donors (Lipinski definition) is 1. The van der Waals surface area contributed by atoms with Gasteiger partial charge in [0.05, 0.1) is 16.5 Å².